The summed E-state index contributed by atoms with van der Waals surface area (Å²) in [4.78, 5) is 8.28. The first-order valence-electron chi connectivity index (χ1n) is 5.12. The molecule has 0 saturated heterocycles. The van der Waals surface area contributed by atoms with Crippen molar-refractivity contribution in [3.8, 4) is 5.88 Å². The quantitative estimate of drug-likeness (QED) is 0.942. The first-order chi connectivity index (χ1) is 8.28. The van der Waals surface area contributed by atoms with Gasteiger partial charge in [-0.1, -0.05) is 0 Å². The zero-order valence-corrected chi connectivity index (χ0v) is 10.9. The summed E-state index contributed by atoms with van der Waals surface area (Å²) in [6.07, 6.45) is 3.49. The molecule has 0 saturated carbocycles. The van der Waals surface area contributed by atoms with Crippen molar-refractivity contribution in [1.29, 1.82) is 0 Å². The van der Waals surface area contributed by atoms with E-state index in [0.717, 1.165) is 15.9 Å². The molecule has 5 heteroatoms. The Morgan fingerprint density at radius 2 is 2.18 bits per heavy atom. The van der Waals surface area contributed by atoms with Gasteiger partial charge in [0.15, 0.2) is 0 Å². The SMILES string of the molecule is COc1cc(CNc2ccc(Br)cn2)ccn1. The highest BCUT2D eigenvalue weighted by molar-refractivity contribution is 9.10. The smallest absolute Gasteiger partial charge is 0.213 e. The van der Waals surface area contributed by atoms with Crippen LogP contribution in [0.25, 0.3) is 0 Å². The van der Waals surface area contributed by atoms with Gasteiger partial charge >= 0.3 is 0 Å². The number of nitrogens with zero attached hydrogens (tertiary/aromatic N) is 2. The maximum atomic E-state index is 5.06. The van der Waals surface area contributed by atoms with Crippen LogP contribution in [0.5, 0.6) is 5.88 Å². The minimum absolute atomic E-state index is 0.619. The Morgan fingerprint density at radius 3 is 2.88 bits per heavy atom. The van der Waals surface area contributed by atoms with Crippen molar-refractivity contribution in [3.63, 3.8) is 0 Å². The van der Waals surface area contributed by atoms with E-state index in [1.807, 2.05) is 24.3 Å². The van der Waals surface area contributed by atoms with Gasteiger partial charge in [0.1, 0.15) is 5.82 Å². The van der Waals surface area contributed by atoms with Crippen LogP contribution in [-0.2, 0) is 6.54 Å². The molecule has 0 amide bonds. The summed E-state index contributed by atoms with van der Waals surface area (Å²) in [5.41, 5.74) is 1.10. The van der Waals surface area contributed by atoms with Crippen LogP contribution >= 0.6 is 15.9 Å². The van der Waals surface area contributed by atoms with Crippen molar-refractivity contribution in [1.82, 2.24) is 9.97 Å². The van der Waals surface area contributed by atoms with E-state index in [9.17, 15) is 0 Å². The van der Waals surface area contributed by atoms with Gasteiger partial charge in [-0.15, -0.1) is 0 Å². The highest BCUT2D eigenvalue weighted by Crippen LogP contribution is 2.13. The summed E-state index contributed by atoms with van der Waals surface area (Å²) in [7, 11) is 1.61. The molecule has 0 unspecified atom stereocenters. The third kappa shape index (κ3) is 3.42. The zero-order valence-electron chi connectivity index (χ0n) is 9.35. The van der Waals surface area contributed by atoms with Crippen LogP contribution in [0, 0.1) is 0 Å². The number of anilines is 1. The van der Waals surface area contributed by atoms with Crippen LogP contribution in [0.1, 0.15) is 5.56 Å². The van der Waals surface area contributed by atoms with Crippen molar-refractivity contribution in [2.24, 2.45) is 0 Å². The molecule has 2 rings (SSSR count). The van der Waals surface area contributed by atoms with Gasteiger partial charge in [0.2, 0.25) is 5.88 Å². The molecular formula is C12H12BrN3O. The van der Waals surface area contributed by atoms with E-state index < -0.39 is 0 Å². The lowest BCUT2D eigenvalue weighted by Gasteiger charge is -2.06. The predicted molar refractivity (Wildman–Crippen MR) is 70.1 cm³/mol. The molecule has 17 heavy (non-hydrogen) atoms. The second kappa shape index (κ2) is 5.63. The monoisotopic (exact) mass is 293 g/mol. The van der Waals surface area contributed by atoms with Crippen LogP contribution in [0.3, 0.4) is 0 Å². The van der Waals surface area contributed by atoms with E-state index in [-0.39, 0.29) is 0 Å². The summed E-state index contributed by atoms with van der Waals surface area (Å²) in [6.45, 7) is 0.688. The van der Waals surface area contributed by atoms with Crippen LogP contribution in [0.2, 0.25) is 0 Å². The van der Waals surface area contributed by atoms with E-state index >= 15 is 0 Å². The number of hydrogen-bond acceptors (Lipinski definition) is 4. The fourth-order valence-electron chi connectivity index (χ4n) is 1.35. The van der Waals surface area contributed by atoms with Gasteiger partial charge in [-0.25, -0.2) is 9.97 Å². The van der Waals surface area contributed by atoms with Gasteiger partial charge in [0.25, 0.3) is 0 Å². The van der Waals surface area contributed by atoms with Gasteiger partial charge in [-0.05, 0) is 39.7 Å². The van der Waals surface area contributed by atoms with Gasteiger partial charge in [0.05, 0.1) is 7.11 Å². The van der Waals surface area contributed by atoms with Crippen LogP contribution in [0.15, 0.2) is 41.1 Å². The van der Waals surface area contributed by atoms with Crippen LogP contribution in [0.4, 0.5) is 5.82 Å². The first-order valence-corrected chi connectivity index (χ1v) is 5.91. The minimum atomic E-state index is 0.619. The Morgan fingerprint density at radius 1 is 1.29 bits per heavy atom. The molecule has 0 radical (unpaired) electrons. The second-order valence-electron chi connectivity index (χ2n) is 3.42. The molecular weight excluding hydrogens is 282 g/mol. The van der Waals surface area contributed by atoms with Crippen molar-refractivity contribution >= 4 is 21.7 Å². The topological polar surface area (TPSA) is 47.0 Å². The van der Waals surface area contributed by atoms with Crippen molar-refractivity contribution in [2.45, 2.75) is 6.54 Å². The summed E-state index contributed by atoms with van der Waals surface area (Å²) >= 11 is 3.35. The third-order valence-electron chi connectivity index (χ3n) is 2.21. The molecule has 88 valence electrons. The molecule has 0 atom stereocenters. The van der Waals surface area contributed by atoms with Gasteiger partial charge in [-0.2, -0.15) is 0 Å². The number of pyridine rings is 2. The van der Waals surface area contributed by atoms with Crippen LogP contribution < -0.4 is 10.1 Å². The van der Waals surface area contributed by atoms with E-state index in [4.69, 9.17) is 4.74 Å². The van der Waals surface area contributed by atoms with Gasteiger partial charge in [-0.3, -0.25) is 0 Å². The Balaban J connectivity index is 1.99. The highest BCUT2D eigenvalue weighted by atomic mass is 79.9. The Bertz CT molecular complexity index is 487. The van der Waals surface area contributed by atoms with Crippen molar-refractivity contribution in [2.75, 3.05) is 12.4 Å². The molecule has 0 aromatic carbocycles. The largest absolute Gasteiger partial charge is 0.481 e. The summed E-state index contributed by atoms with van der Waals surface area (Å²) < 4.78 is 6.03. The van der Waals surface area contributed by atoms with E-state index in [0.29, 0.717) is 12.4 Å². The predicted octanol–water partition coefficient (Wildman–Crippen LogP) is 2.86. The van der Waals surface area contributed by atoms with Gasteiger partial charge < -0.3 is 10.1 Å². The average molecular weight is 294 g/mol. The molecule has 2 aromatic heterocycles. The number of halogens is 1. The molecule has 0 fully saturated rings. The fourth-order valence-corrected chi connectivity index (χ4v) is 1.58. The number of ether oxygens (including phenoxy) is 1. The average Bonchev–Trinajstić information content (AvgIpc) is 2.38. The second-order valence-corrected chi connectivity index (χ2v) is 4.34. The number of nitrogens with one attached hydrogen (secondary N) is 1. The van der Waals surface area contributed by atoms with Gasteiger partial charge in [0, 0.05) is 29.5 Å². The molecule has 0 aliphatic carbocycles. The zero-order chi connectivity index (χ0) is 12.1. The maximum Gasteiger partial charge on any atom is 0.213 e. The highest BCUT2D eigenvalue weighted by Gasteiger charge is 1.98. The Labute approximate surface area is 108 Å². The standard InChI is InChI=1S/C12H12BrN3O/c1-17-12-6-9(4-5-14-12)7-15-11-3-2-10(13)8-16-11/h2-6,8H,7H2,1H3,(H,15,16). The third-order valence-corrected chi connectivity index (χ3v) is 2.68. The summed E-state index contributed by atoms with van der Waals surface area (Å²) in [5.74, 6) is 1.46. The van der Waals surface area contributed by atoms with E-state index in [1.165, 1.54) is 0 Å². The molecule has 2 heterocycles. The maximum absolute atomic E-state index is 5.06. The minimum Gasteiger partial charge on any atom is -0.481 e. The lowest BCUT2D eigenvalue weighted by Crippen LogP contribution is -2.01. The van der Waals surface area contributed by atoms with E-state index in [2.05, 4.69) is 31.2 Å². The van der Waals surface area contributed by atoms with E-state index in [1.54, 1.807) is 19.5 Å². The first kappa shape index (κ1) is 11.9. The number of aromatic nitrogens is 2. The number of methoxy groups -OCH3 is 1. The molecule has 4 nitrogen and oxygen atoms in total. The number of rotatable bonds is 4. The molecule has 0 spiro atoms. The molecule has 0 bridgehead atoms. The summed E-state index contributed by atoms with van der Waals surface area (Å²) in [6, 6.07) is 7.70. The lowest BCUT2D eigenvalue weighted by molar-refractivity contribution is 0.397. The Kier molecular flexibility index (Phi) is 3.93. The molecule has 0 aliphatic rings. The molecule has 0 aliphatic heterocycles. The van der Waals surface area contributed by atoms with Crippen molar-refractivity contribution < 1.29 is 4.74 Å². The fraction of sp³-hybridized carbons (Fsp3) is 0.167. The molecule has 2 aromatic rings. The number of hydrogen-bond donors (Lipinski definition) is 1. The van der Waals surface area contributed by atoms with Crippen LogP contribution in [-0.4, -0.2) is 17.1 Å². The summed E-state index contributed by atoms with van der Waals surface area (Å²) in [5, 5.41) is 3.22. The lowest BCUT2D eigenvalue weighted by atomic mass is 10.2. The van der Waals surface area contributed by atoms with Crippen molar-refractivity contribution in [3.05, 3.63) is 46.7 Å². The normalized spacial score (nSPS) is 10.0. The molecule has 1 N–H and O–H groups in total. The Hall–Kier alpha value is -1.62.